The van der Waals surface area contributed by atoms with Crippen molar-refractivity contribution < 1.29 is 24.0 Å². The fourth-order valence-electron chi connectivity index (χ4n) is 3.55. The van der Waals surface area contributed by atoms with Crippen LogP contribution in [0.1, 0.15) is 26.2 Å². The summed E-state index contributed by atoms with van der Waals surface area (Å²) in [5, 5.41) is 4.42. The number of allylic oxidation sites excluding steroid dienone is 2. The first-order valence-corrected chi connectivity index (χ1v) is 11.6. The van der Waals surface area contributed by atoms with Crippen molar-refractivity contribution in [2.45, 2.75) is 26.2 Å². The van der Waals surface area contributed by atoms with Gasteiger partial charge in [0.1, 0.15) is 23.2 Å². The van der Waals surface area contributed by atoms with Gasteiger partial charge in [0.05, 0.1) is 6.16 Å². The third-order valence-corrected chi connectivity index (χ3v) is 9.31. The first kappa shape index (κ1) is 21.9. The van der Waals surface area contributed by atoms with E-state index in [2.05, 4.69) is 110 Å². The van der Waals surface area contributed by atoms with Gasteiger partial charge in [-0.05, 0) is 42.8 Å². The van der Waals surface area contributed by atoms with Crippen molar-refractivity contribution in [3.8, 4) is 0 Å². The van der Waals surface area contributed by atoms with Crippen LogP contribution in [0.4, 0.5) is 0 Å². The first-order valence-electron chi connectivity index (χ1n) is 9.58. The fourth-order valence-corrected chi connectivity index (χ4v) is 7.80. The van der Waals surface area contributed by atoms with Gasteiger partial charge in [-0.25, -0.2) is 0 Å². The Morgan fingerprint density at radius 2 is 0.963 bits per heavy atom. The highest BCUT2D eigenvalue weighted by atomic mass is 127. The van der Waals surface area contributed by atoms with Gasteiger partial charge in [-0.3, -0.25) is 0 Å². The molecule has 0 aromatic heterocycles. The van der Waals surface area contributed by atoms with Crippen LogP contribution >= 0.6 is 7.26 Å². The fraction of sp³-hybridized carbons (Fsp3) is 0.200. The van der Waals surface area contributed by atoms with Gasteiger partial charge in [-0.15, -0.1) is 0 Å². The Balaban J connectivity index is 0.00000261. The van der Waals surface area contributed by atoms with Crippen molar-refractivity contribution in [1.29, 1.82) is 0 Å². The molecule has 3 rings (SSSR count). The predicted molar refractivity (Wildman–Crippen MR) is 119 cm³/mol. The third kappa shape index (κ3) is 5.30. The second-order valence-electron chi connectivity index (χ2n) is 6.59. The number of benzene rings is 3. The normalized spacial score (nSPS) is 11.3. The van der Waals surface area contributed by atoms with Gasteiger partial charge in [0, 0.05) is 6.42 Å². The SMILES string of the molecule is CCC/C=C\CC[P+](c1ccccc1)(c1ccccc1)c1ccccc1.[I-]. The Hall–Kier alpha value is -1.44. The second kappa shape index (κ2) is 11.4. The minimum Gasteiger partial charge on any atom is -1.00 e. The van der Waals surface area contributed by atoms with Crippen molar-refractivity contribution in [1.82, 2.24) is 0 Å². The monoisotopic (exact) mass is 486 g/mol. The van der Waals surface area contributed by atoms with Crippen LogP contribution in [0.25, 0.3) is 0 Å². The molecule has 0 aliphatic rings. The quantitative estimate of drug-likeness (QED) is 0.261. The lowest BCUT2D eigenvalue weighted by atomic mass is 10.3. The van der Waals surface area contributed by atoms with E-state index in [0.717, 1.165) is 6.42 Å². The summed E-state index contributed by atoms with van der Waals surface area (Å²) in [6, 6.07) is 33.4. The lowest BCUT2D eigenvalue weighted by Gasteiger charge is -2.27. The van der Waals surface area contributed by atoms with E-state index in [4.69, 9.17) is 0 Å². The third-order valence-electron chi connectivity index (χ3n) is 4.84. The highest BCUT2D eigenvalue weighted by Crippen LogP contribution is 2.55. The summed E-state index contributed by atoms with van der Waals surface area (Å²) in [5.74, 6) is 0. The molecule has 27 heavy (non-hydrogen) atoms. The van der Waals surface area contributed by atoms with Crippen LogP contribution in [0.5, 0.6) is 0 Å². The number of rotatable bonds is 8. The molecule has 3 aromatic carbocycles. The Morgan fingerprint density at radius 3 is 1.33 bits per heavy atom. The molecule has 0 amide bonds. The van der Waals surface area contributed by atoms with Gasteiger partial charge in [-0.2, -0.15) is 0 Å². The van der Waals surface area contributed by atoms with E-state index < -0.39 is 7.26 Å². The Labute approximate surface area is 182 Å². The molecule has 0 heterocycles. The zero-order valence-corrected chi connectivity index (χ0v) is 19.0. The van der Waals surface area contributed by atoms with E-state index in [1.165, 1.54) is 34.9 Å². The van der Waals surface area contributed by atoms with Gasteiger partial charge in [0.2, 0.25) is 0 Å². The maximum absolute atomic E-state index is 2.38. The van der Waals surface area contributed by atoms with Crippen molar-refractivity contribution in [3.05, 3.63) is 103 Å². The Morgan fingerprint density at radius 1 is 0.593 bits per heavy atom. The maximum atomic E-state index is 2.38. The molecule has 0 spiro atoms. The molecule has 0 aliphatic carbocycles. The summed E-state index contributed by atoms with van der Waals surface area (Å²) in [4.78, 5) is 0. The van der Waals surface area contributed by atoms with E-state index in [1.807, 2.05) is 0 Å². The van der Waals surface area contributed by atoms with E-state index >= 15 is 0 Å². The van der Waals surface area contributed by atoms with Gasteiger partial charge >= 0.3 is 0 Å². The predicted octanol–water partition coefficient (Wildman–Crippen LogP) is 2.73. The average molecular weight is 486 g/mol. The molecule has 0 N–H and O–H groups in total. The summed E-state index contributed by atoms with van der Waals surface area (Å²) < 4.78 is 0. The number of halogens is 1. The second-order valence-corrected chi connectivity index (χ2v) is 10.2. The first-order chi connectivity index (χ1) is 12.9. The molecule has 0 fully saturated rings. The molecule has 0 unspecified atom stereocenters. The smallest absolute Gasteiger partial charge is 0.112 e. The summed E-state index contributed by atoms with van der Waals surface area (Å²) in [7, 11) is -1.65. The highest BCUT2D eigenvalue weighted by Gasteiger charge is 2.44. The van der Waals surface area contributed by atoms with Crippen molar-refractivity contribution in [2.75, 3.05) is 6.16 Å². The maximum Gasteiger partial charge on any atom is 0.112 e. The van der Waals surface area contributed by atoms with Crippen LogP contribution in [0, 0.1) is 0 Å². The summed E-state index contributed by atoms with van der Waals surface area (Å²) in [6.07, 6.45) is 9.40. The molecule has 0 saturated carbocycles. The lowest BCUT2D eigenvalue weighted by Crippen LogP contribution is -3.00. The van der Waals surface area contributed by atoms with E-state index in [-0.39, 0.29) is 24.0 Å². The molecule has 0 aliphatic heterocycles. The van der Waals surface area contributed by atoms with Crippen molar-refractivity contribution in [2.24, 2.45) is 0 Å². The van der Waals surface area contributed by atoms with Gasteiger partial charge in [0.25, 0.3) is 0 Å². The molecule has 0 bridgehead atoms. The van der Waals surface area contributed by atoms with Gasteiger partial charge in [0.15, 0.2) is 0 Å². The van der Waals surface area contributed by atoms with E-state index in [9.17, 15) is 0 Å². The number of hydrogen-bond donors (Lipinski definition) is 0. The molecular weight excluding hydrogens is 458 g/mol. The zero-order chi connectivity index (χ0) is 18.1. The summed E-state index contributed by atoms with van der Waals surface area (Å²) in [6.45, 7) is 2.24. The topological polar surface area (TPSA) is 0 Å². The van der Waals surface area contributed by atoms with Crippen LogP contribution in [0.3, 0.4) is 0 Å². The molecule has 3 aromatic rings. The van der Waals surface area contributed by atoms with Crippen LogP contribution in [0.2, 0.25) is 0 Å². The Kier molecular flexibility index (Phi) is 9.24. The summed E-state index contributed by atoms with van der Waals surface area (Å²) in [5.41, 5.74) is 0. The molecule has 0 atom stereocenters. The Bertz CT molecular complexity index is 701. The lowest BCUT2D eigenvalue weighted by molar-refractivity contribution is -0.00000515. The largest absolute Gasteiger partial charge is 1.00 e. The summed E-state index contributed by atoms with van der Waals surface area (Å²) >= 11 is 0. The minimum absolute atomic E-state index is 0. The van der Waals surface area contributed by atoms with Crippen LogP contribution in [-0.2, 0) is 0 Å². The van der Waals surface area contributed by atoms with Crippen LogP contribution < -0.4 is 39.9 Å². The van der Waals surface area contributed by atoms with Crippen LogP contribution in [0.15, 0.2) is 103 Å². The van der Waals surface area contributed by atoms with Gasteiger partial charge < -0.3 is 24.0 Å². The molecule has 140 valence electrons. The number of unbranched alkanes of at least 4 members (excludes halogenated alkanes) is 1. The zero-order valence-electron chi connectivity index (χ0n) is 16.0. The molecular formula is C25H28IP. The number of hydrogen-bond acceptors (Lipinski definition) is 0. The highest BCUT2D eigenvalue weighted by molar-refractivity contribution is 7.95. The van der Waals surface area contributed by atoms with Crippen molar-refractivity contribution in [3.63, 3.8) is 0 Å². The standard InChI is InChI=1S/C25H28P.HI/c1-2-3-4-5-15-22-26(23-16-9-6-10-17-23,24-18-11-7-12-19-24)25-20-13-8-14-21-25;/h4-14,16-21H,2-3,15,22H2,1H3;1H/q+1;/p-1/b5-4-;. The average Bonchev–Trinajstić information content (AvgIpc) is 2.73. The van der Waals surface area contributed by atoms with Gasteiger partial charge in [-0.1, -0.05) is 80.1 Å². The molecule has 0 nitrogen and oxygen atoms in total. The van der Waals surface area contributed by atoms with Crippen molar-refractivity contribution >= 4 is 23.2 Å². The molecule has 2 heteroatoms. The molecule has 0 saturated heterocycles. The minimum atomic E-state index is -1.65. The molecule has 0 radical (unpaired) electrons. The van der Waals surface area contributed by atoms with E-state index in [0.29, 0.717) is 0 Å². The van der Waals surface area contributed by atoms with Crippen LogP contribution in [-0.4, -0.2) is 6.16 Å². The van der Waals surface area contributed by atoms with E-state index in [1.54, 1.807) is 0 Å².